The van der Waals surface area contributed by atoms with Crippen molar-refractivity contribution in [3.8, 4) is 0 Å². The van der Waals surface area contributed by atoms with Crippen molar-refractivity contribution in [3.05, 3.63) is 30.1 Å². The molecule has 1 atom stereocenters. The van der Waals surface area contributed by atoms with Crippen LogP contribution in [0.15, 0.2) is 18.6 Å². The summed E-state index contributed by atoms with van der Waals surface area (Å²) in [5.41, 5.74) is 1.06. The third-order valence-corrected chi connectivity index (χ3v) is 3.58. The molecule has 0 aliphatic heterocycles. The predicted molar refractivity (Wildman–Crippen MR) is 82.9 cm³/mol. The number of carbonyl (C=O) groups excluding carboxylic acids is 1. The van der Waals surface area contributed by atoms with Crippen LogP contribution in [0.4, 0.5) is 0 Å². The minimum atomic E-state index is -0.112. The highest BCUT2D eigenvalue weighted by Gasteiger charge is 2.20. The zero-order chi connectivity index (χ0) is 16.1. The van der Waals surface area contributed by atoms with Crippen LogP contribution in [0.5, 0.6) is 0 Å². The molecule has 2 aromatic rings. The van der Waals surface area contributed by atoms with Crippen molar-refractivity contribution >= 4 is 5.91 Å². The van der Waals surface area contributed by atoms with Crippen molar-refractivity contribution < 1.29 is 4.79 Å². The highest BCUT2D eigenvalue weighted by Crippen LogP contribution is 2.19. The first kappa shape index (κ1) is 16.2. The van der Waals surface area contributed by atoms with Crippen LogP contribution in [0.25, 0.3) is 0 Å². The van der Waals surface area contributed by atoms with E-state index in [2.05, 4.69) is 34.3 Å². The summed E-state index contributed by atoms with van der Waals surface area (Å²) in [7, 11) is 1.84. The molecule has 7 nitrogen and oxygen atoms in total. The standard InChI is InChI=1S/C15H24N6O/c1-11(2)9-13(15-16-10-18-20(15)4)19-14(22)6-8-21-12(3)5-7-17-21/h5,7,10-11,13H,6,8-9H2,1-4H3,(H,19,22). The maximum absolute atomic E-state index is 12.2. The fraction of sp³-hybridized carbons (Fsp3) is 0.600. The lowest BCUT2D eigenvalue weighted by Gasteiger charge is -2.20. The molecule has 2 heterocycles. The Morgan fingerprint density at radius 3 is 2.68 bits per heavy atom. The SMILES string of the molecule is Cc1ccnn1CCC(=O)NC(CC(C)C)c1ncnn1C. The van der Waals surface area contributed by atoms with Gasteiger partial charge < -0.3 is 5.32 Å². The van der Waals surface area contributed by atoms with Crippen LogP contribution in [0.1, 0.15) is 44.2 Å². The summed E-state index contributed by atoms with van der Waals surface area (Å²) in [4.78, 5) is 16.5. The molecule has 0 saturated heterocycles. The minimum Gasteiger partial charge on any atom is -0.346 e. The summed E-state index contributed by atoms with van der Waals surface area (Å²) < 4.78 is 3.55. The van der Waals surface area contributed by atoms with Crippen molar-refractivity contribution in [1.29, 1.82) is 0 Å². The van der Waals surface area contributed by atoms with Crippen molar-refractivity contribution in [2.45, 2.75) is 46.2 Å². The Kier molecular flexibility index (Phi) is 5.30. The first-order chi connectivity index (χ1) is 10.5. The Bertz CT molecular complexity index is 615. The van der Waals surface area contributed by atoms with E-state index in [1.807, 2.05) is 24.7 Å². The summed E-state index contributed by atoms with van der Waals surface area (Å²) in [6, 6.07) is 1.82. The summed E-state index contributed by atoms with van der Waals surface area (Å²) in [6.45, 7) is 6.81. The quantitative estimate of drug-likeness (QED) is 0.843. The van der Waals surface area contributed by atoms with Crippen LogP contribution in [-0.4, -0.2) is 30.5 Å². The molecule has 0 radical (unpaired) electrons. The number of hydrogen-bond donors (Lipinski definition) is 1. The van der Waals surface area contributed by atoms with Crippen molar-refractivity contribution in [1.82, 2.24) is 29.9 Å². The monoisotopic (exact) mass is 304 g/mol. The third kappa shape index (κ3) is 4.16. The molecule has 120 valence electrons. The predicted octanol–water partition coefficient (Wildman–Crippen LogP) is 1.61. The number of rotatable bonds is 7. The molecule has 1 N–H and O–H groups in total. The lowest BCUT2D eigenvalue weighted by Crippen LogP contribution is -2.32. The average molecular weight is 304 g/mol. The molecule has 0 saturated carbocycles. The second-order valence-electron chi connectivity index (χ2n) is 5.94. The second kappa shape index (κ2) is 7.20. The Labute approximate surface area is 130 Å². The number of hydrogen-bond acceptors (Lipinski definition) is 4. The first-order valence-corrected chi connectivity index (χ1v) is 7.59. The molecule has 0 bridgehead atoms. The fourth-order valence-electron chi connectivity index (χ4n) is 2.43. The van der Waals surface area contributed by atoms with E-state index >= 15 is 0 Å². The van der Waals surface area contributed by atoms with Gasteiger partial charge >= 0.3 is 0 Å². The van der Waals surface area contributed by atoms with Crippen molar-refractivity contribution in [3.63, 3.8) is 0 Å². The molecular weight excluding hydrogens is 280 g/mol. The van der Waals surface area contributed by atoms with Crippen LogP contribution in [0.3, 0.4) is 0 Å². The van der Waals surface area contributed by atoms with Crippen LogP contribution in [-0.2, 0) is 18.4 Å². The summed E-state index contributed by atoms with van der Waals surface area (Å²) in [5, 5.41) is 11.4. The van der Waals surface area contributed by atoms with Gasteiger partial charge in [0.15, 0.2) is 0 Å². The molecular formula is C15H24N6O. The highest BCUT2D eigenvalue weighted by atomic mass is 16.1. The van der Waals surface area contributed by atoms with E-state index < -0.39 is 0 Å². The van der Waals surface area contributed by atoms with E-state index in [0.717, 1.165) is 17.9 Å². The Balaban J connectivity index is 1.96. The lowest BCUT2D eigenvalue weighted by molar-refractivity contribution is -0.122. The van der Waals surface area contributed by atoms with Gasteiger partial charge in [0.2, 0.25) is 5.91 Å². The molecule has 0 aliphatic rings. The number of carbonyl (C=O) groups is 1. The van der Waals surface area contributed by atoms with Gasteiger partial charge in [0, 0.05) is 31.9 Å². The van der Waals surface area contributed by atoms with Gasteiger partial charge in [0.05, 0.1) is 6.04 Å². The molecule has 7 heteroatoms. The molecule has 0 spiro atoms. The minimum absolute atomic E-state index is 0.00329. The molecule has 1 unspecified atom stereocenters. The van der Waals surface area contributed by atoms with Crippen LogP contribution in [0.2, 0.25) is 0 Å². The van der Waals surface area contributed by atoms with E-state index in [4.69, 9.17) is 0 Å². The van der Waals surface area contributed by atoms with Crippen LogP contribution >= 0.6 is 0 Å². The number of aromatic nitrogens is 5. The molecule has 0 fully saturated rings. The second-order valence-corrected chi connectivity index (χ2v) is 5.94. The Morgan fingerprint density at radius 2 is 2.14 bits per heavy atom. The van der Waals surface area contributed by atoms with Gasteiger partial charge in [-0.2, -0.15) is 10.2 Å². The topological polar surface area (TPSA) is 77.6 Å². The third-order valence-electron chi connectivity index (χ3n) is 3.58. The smallest absolute Gasteiger partial charge is 0.222 e. The summed E-state index contributed by atoms with van der Waals surface area (Å²) in [6.07, 6.45) is 4.49. The van der Waals surface area contributed by atoms with E-state index in [-0.39, 0.29) is 11.9 Å². The number of amides is 1. The number of aryl methyl sites for hydroxylation is 3. The van der Waals surface area contributed by atoms with Gasteiger partial charge in [-0.25, -0.2) is 4.98 Å². The lowest BCUT2D eigenvalue weighted by atomic mass is 10.0. The summed E-state index contributed by atoms with van der Waals surface area (Å²) >= 11 is 0. The van der Waals surface area contributed by atoms with Gasteiger partial charge in [0.25, 0.3) is 0 Å². The van der Waals surface area contributed by atoms with Gasteiger partial charge in [-0.3, -0.25) is 14.2 Å². The van der Waals surface area contributed by atoms with Crippen molar-refractivity contribution in [2.75, 3.05) is 0 Å². The average Bonchev–Trinajstić information content (AvgIpc) is 3.04. The van der Waals surface area contributed by atoms with Gasteiger partial charge in [-0.1, -0.05) is 13.8 Å². The molecule has 22 heavy (non-hydrogen) atoms. The fourth-order valence-corrected chi connectivity index (χ4v) is 2.43. The summed E-state index contributed by atoms with van der Waals surface area (Å²) in [5.74, 6) is 1.25. The Morgan fingerprint density at radius 1 is 1.36 bits per heavy atom. The highest BCUT2D eigenvalue weighted by molar-refractivity contribution is 5.76. The normalized spacial score (nSPS) is 12.6. The van der Waals surface area contributed by atoms with Gasteiger partial charge in [-0.05, 0) is 25.3 Å². The number of nitrogens with zero attached hydrogens (tertiary/aromatic N) is 5. The molecule has 2 aromatic heterocycles. The molecule has 0 aliphatic carbocycles. The zero-order valence-electron chi connectivity index (χ0n) is 13.7. The number of nitrogens with one attached hydrogen (secondary N) is 1. The zero-order valence-corrected chi connectivity index (χ0v) is 13.7. The van der Waals surface area contributed by atoms with E-state index in [9.17, 15) is 4.79 Å². The van der Waals surface area contributed by atoms with Crippen LogP contribution in [0, 0.1) is 12.8 Å². The van der Waals surface area contributed by atoms with Gasteiger partial charge in [0.1, 0.15) is 12.2 Å². The molecule has 1 amide bonds. The first-order valence-electron chi connectivity index (χ1n) is 7.59. The van der Waals surface area contributed by atoms with E-state index in [1.54, 1.807) is 10.9 Å². The largest absolute Gasteiger partial charge is 0.346 e. The van der Waals surface area contributed by atoms with E-state index in [0.29, 0.717) is 18.9 Å². The van der Waals surface area contributed by atoms with Gasteiger partial charge in [-0.15, -0.1) is 0 Å². The van der Waals surface area contributed by atoms with Crippen LogP contribution < -0.4 is 5.32 Å². The molecule has 0 aromatic carbocycles. The maximum Gasteiger partial charge on any atom is 0.222 e. The maximum atomic E-state index is 12.2. The van der Waals surface area contributed by atoms with E-state index in [1.165, 1.54) is 6.33 Å². The Hall–Kier alpha value is -2.18. The molecule has 2 rings (SSSR count). The van der Waals surface area contributed by atoms with Crippen molar-refractivity contribution in [2.24, 2.45) is 13.0 Å².